The minimum Gasteiger partial charge on any atom is -0.481 e. The van der Waals surface area contributed by atoms with Gasteiger partial charge in [-0.25, -0.2) is 8.42 Å². The average Bonchev–Trinajstić information content (AvgIpc) is 3.25. The number of sulfone groups is 1. The van der Waals surface area contributed by atoms with Crippen molar-refractivity contribution >= 4 is 33.0 Å². The Morgan fingerprint density at radius 2 is 1.70 bits per heavy atom. The first-order chi connectivity index (χ1) is 12.8. The maximum absolute atomic E-state index is 11.8. The number of fused-ring (bicyclic) bond motifs is 1. The summed E-state index contributed by atoms with van der Waals surface area (Å²) in [7, 11) is -3.40. The number of nitrogens with zero attached hydrogens (tertiary/aromatic N) is 1. The molecule has 0 amide bonds. The monoisotopic (exact) mass is 425 g/mol. The molecular formula is C20H21Cl2NO3S. The van der Waals surface area contributed by atoms with Crippen molar-refractivity contribution in [3.63, 3.8) is 0 Å². The first-order valence-electron chi connectivity index (χ1n) is 9.02. The summed E-state index contributed by atoms with van der Waals surface area (Å²) in [6, 6.07) is 11.3. The van der Waals surface area contributed by atoms with E-state index in [1.165, 1.54) is 30.5 Å². The van der Waals surface area contributed by atoms with Crippen LogP contribution in [0.3, 0.4) is 0 Å². The highest BCUT2D eigenvalue weighted by Gasteiger charge is 2.39. The molecule has 4 rings (SSSR count). The van der Waals surface area contributed by atoms with Crippen molar-refractivity contribution in [3.8, 4) is 5.75 Å². The number of ether oxygens (including phenoxy) is 1. The summed E-state index contributed by atoms with van der Waals surface area (Å²) in [5.74, 6) is 0.344. The quantitative estimate of drug-likeness (QED) is 0.721. The van der Waals surface area contributed by atoms with Crippen LogP contribution in [0, 0.1) is 0 Å². The smallest absolute Gasteiger partial charge is 0.175 e. The molecule has 0 unspecified atom stereocenters. The molecule has 1 saturated heterocycles. The molecule has 0 bridgehead atoms. The number of hydrogen-bond donors (Lipinski definition) is 0. The van der Waals surface area contributed by atoms with Gasteiger partial charge in [0, 0.05) is 6.26 Å². The van der Waals surface area contributed by atoms with Crippen molar-refractivity contribution in [1.82, 2.24) is 4.90 Å². The predicted molar refractivity (Wildman–Crippen MR) is 108 cm³/mol. The molecule has 0 radical (unpaired) electrons. The van der Waals surface area contributed by atoms with E-state index in [0.717, 1.165) is 31.3 Å². The Hall–Kier alpha value is -1.27. The SMILES string of the molecule is CS(=O)(=O)c1cc(Cl)c(O[C@H]2c3ccccc3C[C@@H]2N2CCCC2)c(Cl)c1. The molecule has 0 N–H and O–H groups in total. The third-order valence-corrected chi connectivity index (χ3v) is 7.05. The van der Waals surface area contributed by atoms with E-state index in [4.69, 9.17) is 27.9 Å². The minimum absolute atomic E-state index is 0.0905. The molecular weight excluding hydrogens is 405 g/mol. The molecule has 1 heterocycles. The third kappa shape index (κ3) is 3.70. The van der Waals surface area contributed by atoms with Crippen LogP contribution in [0.4, 0.5) is 0 Å². The summed E-state index contributed by atoms with van der Waals surface area (Å²) in [4.78, 5) is 2.56. The van der Waals surface area contributed by atoms with Gasteiger partial charge in [0.05, 0.1) is 21.0 Å². The van der Waals surface area contributed by atoms with E-state index in [0.29, 0.717) is 5.75 Å². The van der Waals surface area contributed by atoms with Gasteiger partial charge in [-0.2, -0.15) is 0 Å². The number of likely N-dealkylation sites (tertiary alicyclic amines) is 1. The molecule has 1 aliphatic heterocycles. The summed E-state index contributed by atoms with van der Waals surface area (Å²) in [6.45, 7) is 2.12. The van der Waals surface area contributed by atoms with Crippen molar-refractivity contribution in [3.05, 3.63) is 57.6 Å². The summed E-state index contributed by atoms with van der Waals surface area (Å²) >= 11 is 12.7. The standard InChI is InChI=1S/C20H21Cl2NO3S/c1-27(24,25)14-11-16(21)20(17(22)12-14)26-19-15-7-3-2-6-13(15)10-18(19)23-8-4-5-9-23/h2-3,6-7,11-12,18-19H,4-5,8-10H2,1H3/t18-,19-/m0/s1. The van der Waals surface area contributed by atoms with Crippen LogP contribution in [0.25, 0.3) is 0 Å². The lowest BCUT2D eigenvalue weighted by atomic mass is 10.1. The number of rotatable bonds is 4. The zero-order chi connectivity index (χ0) is 19.2. The van der Waals surface area contributed by atoms with Crippen molar-refractivity contribution in [2.24, 2.45) is 0 Å². The van der Waals surface area contributed by atoms with E-state index >= 15 is 0 Å². The molecule has 2 aromatic carbocycles. The van der Waals surface area contributed by atoms with Crippen LogP contribution in [0.15, 0.2) is 41.3 Å². The second-order valence-corrected chi connectivity index (χ2v) is 10.1. The molecule has 2 aromatic rings. The van der Waals surface area contributed by atoms with Crippen molar-refractivity contribution in [2.45, 2.75) is 36.3 Å². The Morgan fingerprint density at radius 3 is 2.33 bits per heavy atom. The van der Waals surface area contributed by atoms with E-state index in [-0.39, 0.29) is 27.1 Å². The summed E-state index contributed by atoms with van der Waals surface area (Å²) in [6.07, 6.45) is 4.27. The van der Waals surface area contributed by atoms with Gasteiger partial charge in [-0.05, 0) is 55.6 Å². The molecule has 27 heavy (non-hydrogen) atoms. The Kier molecular flexibility index (Phi) is 5.14. The highest BCUT2D eigenvalue weighted by molar-refractivity contribution is 7.90. The molecule has 1 fully saturated rings. The molecule has 7 heteroatoms. The van der Waals surface area contributed by atoms with E-state index in [1.807, 2.05) is 12.1 Å². The van der Waals surface area contributed by atoms with Gasteiger partial charge in [0.2, 0.25) is 0 Å². The molecule has 144 valence electrons. The van der Waals surface area contributed by atoms with Gasteiger partial charge >= 0.3 is 0 Å². The summed E-state index contributed by atoms with van der Waals surface area (Å²) < 4.78 is 30.0. The van der Waals surface area contributed by atoms with E-state index < -0.39 is 9.84 Å². The van der Waals surface area contributed by atoms with Gasteiger partial charge in [-0.3, -0.25) is 4.90 Å². The lowest BCUT2D eigenvalue weighted by molar-refractivity contribution is 0.0942. The fraction of sp³-hybridized carbons (Fsp3) is 0.400. The second-order valence-electron chi connectivity index (χ2n) is 7.24. The van der Waals surface area contributed by atoms with Crippen LogP contribution >= 0.6 is 23.2 Å². The van der Waals surface area contributed by atoms with Crippen LogP contribution in [0.2, 0.25) is 10.0 Å². The highest BCUT2D eigenvalue weighted by Crippen LogP contribution is 2.43. The average molecular weight is 426 g/mol. The van der Waals surface area contributed by atoms with E-state index in [1.54, 1.807) is 0 Å². The summed E-state index contributed by atoms with van der Waals surface area (Å²) in [5.41, 5.74) is 2.42. The van der Waals surface area contributed by atoms with Crippen LogP contribution in [-0.4, -0.2) is 38.7 Å². The zero-order valence-corrected chi connectivity index (χ0v) is 17.3. The Bertz CT molecular complexity index is 948. The molecule has 4 nitrogen and oxygen atoms in total. The van der Waals surface area contributed by atoms with Crippen LogP contribution in [0.1, 0.15) is 30.1 Å². The molecule has 0 saturated carbocycles. The minimum atomic E-state index is -3.40. The van der Waals surface area contributed by atoms with Crippen molar-refractivity contribution in [2.75, 3.05) is 19.3 Å². The molecule has 2 atom stereocenters. The molecule has 2 aliphatic rings. The van der Waals surface area contributed by atoms with E-state index in [2.05, 4.69) is 17.0 Å². The number of hydrogen-bond acceptors (Lipinski definition) is 4. The topological polar surface area (TPSA) is 46.6 Å². The Labute approximate surface area is 170 Å². The zero-order valence-electron chi connectivity index (χ0n) is 15.0. The van der Waals surface area contributed by atoms with Crippen LogP contribution in [0.5, 0.6) is 5.75 Å². The Morgan fingerprint density at radius 1 is 1.07 bits per heavy atom. The maximum atomic E-state index is 11.8. The maximum Gasteiger partial charge on any atom is 0.175 e. The molecule has 0 spiro atoms. The van der Waals surface area contributed by atoms with Gasteiger partial charge in [-0.1, -0.05) is 47.5 Å². The van der Waals surface area contributed by atoms with Gasteiger partial charge < -0.3 is 4.74 Å². The fourth-order valence-corrected chi connectivity index (χ4v) is 5.43. The van der Waals surface area contributed by atoms with Crippen molar-refractivity contribution < 1.29 is 13.2 Å². The third-order valence-electron chi connectivity index (χ3n) is 5.39. The van der Waals surface area contributed by atoms with Gasteiger partial charge in [0.15, 0.2) is 15.6 Å². The first kappa shape index (κ1) is 19.1. The van der Waals surface area contributed by atoms with Gasteiger partial charge in [0.25, 0.3) is 0 Å². The van der Waals surface area contributed by atoms with Crippen molar-refractivity contribution in [1.29, 1.82) is 0 Å². The lowest BCUT2D eigenvalue weighted by Crippen LogP contribution is -2.38. The highest BCUT2D eigenvalue weighted by atomic mass is 35.5. The summed E-state index contributed by atoms with van der Waals surface area (Å²) in [5, 5.41) is 0.431. The largest absolute Gasteiger partial charge is 0.481 e. The van der Waals surface area contributed by atoms with E-state index in [9.17, 15) is 8.42 Å². The first-order valence-corrected chi connectivity index (χ1v) is 11.7. The second kappa shape index (κ2) is 7.28. The Balaban J connectivity index is 1.71. The molecule has 1 aliphatic carbocycles. The van der Waals surface area contributed by atoms with Crippen LogP contribution < -0.4 is 4.74 Å². The fourth-order valence-electron chi connectivity index (χ4n) is 4.06. The molecule has 0 aromatic heterocycles. The predicted octanol–water partition coefficient (Wildman–Crippen LogP) is 4.54. The van der Waals surface area contributed by atoms with Gasteiger partial charge in [0.1, 0.15) is 6.10 Å². The lowest BCUT2D eigenvalue weighted by Gasteiger charge is -2.30. The number of benzene rings is 2. The number of halogens is 2. The normalized spacial score (nSPS) is 22.8. The van der Waals surface area contributed by atoms with Crippen LogP contribution in [-0.2, 0) is 16.3 Å². The van der Waals surface area contributed by atoms with Gasteiger partial charge in [-0.15, -0.1) is 0 Å².